The van der Waals surface area contributed by atoms with E-state index in [2.05, 4.69) is 47.6 Å². The average Bonchev–Trinajstić information content (AvgIpc) is 3.26. The molecule has 0 aromatic heterocycles. The molecule has 0 heterocycles. The fourth-order valence-corrected chi connectivity index (χ4v) is 2.35. The molecule has 2 heteroatoms. The van der Waals surface area contributed by atoms with Crippen molar-refractivity contribution >= 4 is 0 Å². The number of likely N-dealkylation sites (N-methyl/N-ethyl adjacent to an activating group) is 1. The second-order valence-corrected chi connectivity index (χ2v) is 5.83. The Labute approximate surface area is 118 Å². The van der Waals surface area contributed by atoms with E-state index >= 15 is 0 Å². The van der Waals surface area contributed by atoms with Gasteiger partial charge in [-0.05, 0) is 57.8 Å². The molecule has 1 aromatic rings. The van der Waals surface area contributed by atoms with Crippen LogP contribution in [-0.2, 0) is 6.42 Å². The van der Waals surface area contributed by atoms with E-state index in [1.807, 2.05) is 0 Å². The highest BCUT2D eigenvalue weighted by Crippen LogP contribution is 2.18. The smallest absolute Gasteiger partial charge is 0.00682 e. The number of hydrogen-bond acceptors (Lipinski definition) is 2. The van der Waals surface area contributed by atoms with Gasteiger partial charge in [0.25, 0.3) is 0 Å². The van der Waals surface area contributed by atoms with Gasteiger partial charge in [-0.15, -0.1) is 0 Å². The molecule has 1 aromatic carbocycles. The Kier molecular flexibility index (Phi) is 6.38. The number of unbranched alkanes of at least 4 members (excludes halogenated alkanes) is 2. The molecule has 0 amide bonds. The van der Waals surface area contributed by atoms with Crippen LogP contribution in [-0.4, -0.2) is 37.6 Å². The molecule has 1 N–H and O–H groups in total. The minimum absolute atomic E-state index is 0.869. The van der Waals surface area contributed by atoms with Crippen molar-refractivity contribution in [2.75, 3.05) is 26.7 Å². The van der Waals surface area contributed by atoms with Gasteiger partial charge in [0.2, 0.25) is 0 Å². The topological polar surface area (TPSA) is 15.3 Å². The van der Waals surface area contributed by atoms with Gasteiger partial charge >= 0.3 is 0 Å². The first-order valence-electron chi connectivity index (χ1n) is 7.80. The van der Waals surface area contributed by atoms with Crippen LogP contribution < -0.4 is 5.32 Å². The number of nitrogens with zero attached hydrogens (tertiary/aromatic N) is 1. The summed E-state index contributed by atoms with van der Waals surface area (Å²) in [6, 6.07) is 11.6. The first kappa shape index (κ1) is 14.5. The molecule has 0 atom stereocenters. The van der Waals surface area contributed by atoms with Crippen molar-refractivity contribution in [3.05, 3.63) is 35.9 Å². The summed E-state index contributed by atoms with van der Waals surface area (Å²) < 4.78 is 0. The molecule has 0 unspecified atom stereocenters. The molecule has 0 spiro atoms. The molecule has 1 saturated carbocycles. The van der Waals surface area contributed by atoms with Crippen molar-refractivity contribution in [3.8, 4) is 0 Å². The molecule has 0 bridgehead atoms. The number of rotatable bonds is 10. The normalized spacial score (nSPS) is 15.1. The van der Waals surface area contributed by atoms with Gasteiger partial charge in [-0.1, -0.05) is 36.8 Å². The van der Waals surface area contributed by atoms with Crippen LogP contribution >= 0.6 is 0 Å². The van der Waals surface area contributed by atoms with Gasteiger partial charge < -0.3 is 10.2 Å². The third kappa shape index (κ3) is 6.74. The Morgan fingerprint density at radius 2 is 1.84 bits per heavy atom. The molecule has 1 aliphatic rings. The predicted molar refractivity (Wildman–Crippen MR) is 82.5 cm³/mol. The molecule has 2 nitrogen and oxygen atoms in total. The summed E-state index contributed by atoms with van der Waals surface area (Å²) in [5, 5.41) is 3.58. The molecule has 106 valence electrons. The van der Waals surface area contributed by atoms with Gasteiger partial charge in [0, 0.05) is 12.6 Å². The van der Waals surface area contributed by atoms with Crippen molar-refractivity contribution < 1.29 is 0 Å². The number of hydrogen-bond donors (Lipinski definition) is 1. The summed E-state index contributed by atoms with van der Waals surface area (Å²) in [4.78, 5) is 2.46. The quantitative estimate of drug-likeness (QED) is 0.650. The van der Waals surface area contributed by atoms with Crippen LogP contribution in [0.2, 0.25) is 0 Å². The fourth-order valence-electron chi connectivity index (χ4n) is 2.35. The predicted octanol–water partition coefficient (Wildman–Crippen LogP) is 3.08. The van der Waals surface area contributed by atoms with Crippen LogP contribution in [0.3, 0.4) is 0 Å². The van der Waals surface area contributed by atoms with Crippen LogP contribution in [0.4, 0.5) is 0 Å². The lowest BCUT2D eigenvalue weighted by Crippen LogP contribution is -2.23. The summed E-state index contributed by atoms with van der Waals surface area (Å²) in [5.74, 6) is 0. The highest BCUT2D eigenvalue weighted by Gasteiger charge is 2.19. The van der Waals surface area contributed by atoms with Crippen LogP contribution in [0.5, 0.6) is 0 Å². The van der Waals surface area contributed by atoms with E-state index in [1.54, 1.807) is 0 Å². The lowest BCUT2D eigenvalue weighted by atomic mass is 10.1. The maximum Gasteiger partial charge on any atom is 0.00682 e. The Morgan fingerprint density at radius 1 is 1.05 bits per heavy atom. The van der Waals surface area contributed by atoms with Crippen LogP contribution in [0.25, 0.3) is 0 Å². The molecular weight excluding hydrogens is 232 g/mol. The lowest BCUT2D eigenvalue weighted by Gasteiger charge is -2.16. The van der Waals surface area contributed by atoms with Crippen molar-refractivity contribution in [2.24, 2.45) is 0 Å². The largest absolute Gasteiger partial charge is 0.314 e. The second-order valence-electron chi connectivity index (χ2n) is 5.83. The lowest BCUT2D eigenvalue weighted by molar-refractivity contribution is 0.328. The monoisotopic (exact) mass is 260 g/mol. The van der Waals surface area contributed by atoms with Crippen molar-refractivity contribution in [1.82, 2.24) is 10.2 Å². The van der Waals surface area contributed by atoms with E-state index < -0.39 is 0 Å². The average molecular weight is 260 g/mol. The third-order valence-electron chi connectivity index (χ3n) is 3.85. The molecule has 1 aliphatic carbocycles. The minimum Gasteiger partial charge on any atom is -0.314 e. The van der Waals surface area contributed by atoms with Gasteiger partial charge in [-0.3, -0.25) is 0 Å². The van der Waals surface area contributed by atoms with Gasteiger partial charge in [0.1, 0.15) is 0 Å². The Hall–Kier alpha value is -0.860. The maximum absolute atomic E-state index is 3.58. The molecule has 2 rings (SSSR count). The summed E-state index contributed by atoms with van der Waals surface area (Å²) >= 11 is 0. The summed E-state index contributed by atoms with van der Waals surface area (Å²) in [6.45, 7) is 3.62. The van der Waals surface area contributed by atoms with Gasteiger partial charge in [-0.2, -0.15) is 0 Å². The van der Waals surface area contributed by atoms with Crippen molar-refractivity contribution in [2.45, 2.75) is 44.6 Å². The summed E-state index contributed by atoms with van der Waals surface area (Å²) in [7, 11) is 2.24. The molecule has 1 fully saturated rings. The molecule has 0 aliphatic heterocycles. The zero-order valence-corrected chi connectivity index (χ0v) is 12.3. The number of nitrogens with one attached hydrogen (secondary N) is 1. The van der Waals surface area contributed by atoms with Gasteiger partial charge in [0.05, 0.1) is 0 Å². The first-order chi connectivity index (χ1) is 9.34. The minimum atomic E-state index is 0.869. The van der Waals surface area contributed by atoms with E-state index in [0.29, 0.717) is 0 Å². The van der Waals surface area contributed by atoms with E-state index in [0.717, 1.165) is 6.04 Å². The summed E-state index contributed by atoms with van der Waals surface area (Å²) in [6.07, 6.45) is 8.00. The SMILES string of the molecule is CN(CCCCCNC1CC1)CCc1ccccc1. The first-order valence-corrected chi connectivity index (χ1v) is 7.80. The molecular formula is C17H28N2. The Morgan fingerprint density at radius 3 is 2.58 bits per heavy atom. The summed E-state index contributed by atoms with van der Waals surface area (Å²) in [5.41, 5.74) is 1.45. The Bertz CT molecular complexity index is 332. The fraction of sp³-hybridized carbons (Fsp3) is 0.647. The van der Waals surface area contributed by atoms with Gasteiger partial charge in [0.15, 0.2) is 0 Å². The zero-order chi connectivity index (χ0) is 13.3. The Balaban J connectivity index is 1.44. The zero-order valence-electron chi connectivity index (χ0n) is 12.3. The van der Waals surface area contributed by atoms with E-state index in [-0.39, 0.29) is 0 Å². The van der Waals surface area contributed by atoms with Gasteiger partial charge in [-0.25, -0.2) is 0 Å². The van der Waals surface area contributed by atoms with Crippen LogP contribution in [0.15, 0.2) is 30.3 Å². The van der Waals surface area contributed by atoms with E-state index in [4.69, 9.17) is 0 Å². The maximum atomic E-state index is 3.58. The molecule has 0 saturated heterocycles. The van der Waals surface area contributed by atoms with Crippen LogP contribution in [0, 0.1) is 0 Å². The standard InChI is InChI=1S/C17H28N2/c1-19(15-12-16-8-4-2-5-9-16)14-7-3-6-13-18-17-10-11-17/h2,4-5,8-9,17-18H,3,6-7,10-15H2,1H3. The highest BCUT2D eigenvalue weighted by molar-refractivity contribution is 5.14. The van der Waals surface area contributed by atoms with E-state index in [1.165, 1.54) is 63.7 Å². The third-order valence-corrected chi connectivity index (χ3v) is 3.85. The number of benzene rings is 1. The van der Waals surface area contributed by atoms with Crippen molar-refractivity contribution in [1.29, 1.82) is 0 Å². The second kappa shape index (κ2) is 8.34. The van der Waals surface area contributed by atoms with Crippen molar-refractivity contribution in [3.63, 3.8) is 0 Å². The van der Waals surface area contributed by atoms with Crippen LogP contribution in [0.1, 0.15) is 37.7 Å². The molecule has 19 heavy (non-hydrogen) atoms. The highest BCUT2D eigenvalue weighted by atomic mass is 15.1. The van der Waals surface area contributed by atoms with E-state index in [9.17, 15) is 0 Å². The molecule has 0 radical (unpaired) electrons.